The van der Waals surface area contributed by atoms with Gasteiger partial charge in [-0.25, -0.2) is 4.39 Å². The molecule has 0 aliphatic heterocycles. The van der Waals surface area contributed by atoms with Crippen molar-refractivity contribution in [3.8, 4) is 0 Å². The Labute approximate surface area is 69.6 Å². The maximum atomic E-state index is 12.7. The van der Waals surface area contributed by atoms with Crippen molar-refractivity contribution >= 4 is 16.5 Å². The molecule has 0 radical (unpaired) electrons. The number of anilines is 1. The van der Waals surface area contributed by atoms with Gasteiger partial charge < -0.3 is 5.73 Å². The lowest BCUT2D eigenvalue weighted by Crippen LogP contribution is -1.86. The number of rotatable bonds is 0. The molecule has 0 aliphatic carbocycles. The summed E-state index contributed by atoms with van der Waals surface area (Å²) in [5, 5.41) is 1.74. The fourth-order valence-electron chi connectivity index (χ4n) is 1.28. The van der Waals surface area contributed by atoms with Gasteiger partial charge in [-0.1, -0.05) is 12.1 Å². The average molecular weight is 161 g/mol. The van der Waals surface area contributed by atoms with Gasteiger partial charge in [-0.3, -0.25) is 0 Å². The van der Waals surface area contributed by atoms with E-state index in [4.69, 9.17) is 5.73 Å². The molecule has 1 nitrogen and oxygen atoms in total. The topological polar surface area (TPSA) is 26.0 Å². The molecule has 12 heavy (non-hydrogen) atoms. The molecule has 2 aromatic rings. The molecule has 0 spiro atoms. The second kappa shape index (κ2) is 2.48. The van der Waals surface area contributed by atoms with E-state index in [9.17, 15) is 4.39 Å². The first-order valence-corrected chi connectivity index (χ1v) is 3.71. The molecule has 2 aromatic carbocycles. The van der Waals surface area contributed by atoms with Gasteiger partial charge >= 0.3 is 0 Å². The van der Waals surface area contributed by atoms with Crippen LogP contribution in [0, 0.1) is 5.82 Å². The summed E-state index contributed by atoms with van der Waals surface area (Å²) in [7, 11) is 0. The van der Waals surface area contributed by atoms with Gasteiger partial charge in [0.2, 0.25) is 0 Å². The van der Waals surface area contributed by atoms with Crippen molar-refractivity contribution in [1.82, 2.24) is 0 Å². The highest BCUT2D eigenvalue weighted by Crippen LogP contribution is 2.20. The Hall–Kier alpha value is -1.57. The second-order valence-electron chi connectivity index (χ2n) is 2.71. The molecule has 0 fully saturated rings. The summed E-state index contributed by atoms with van der Waals surface area (Å²) in [6.07, 6.45) is 0. The molecule has 0 saturated heterocycles. The van der Waals surface area contributed by atoms with E-state index in [1.54, 1.807) is 12.1 Å². The summed E-state index contributed by atoms with van der Waals surface area (Å²) in [6.45, 7) is 0. The Balaban J connectivity index is 2.86. The molecule has 0 heterocycles. The molecule has 2 heteroatoms. The fraction of sp³-hybridized carbons (Fsp3) is 0. The van der Waals surface area contributed by atoms with Crippen LogP contribution in [0.15, 0.2) is 36.4 Å². The van der Waals surface area contributed by atoms with Crippen LogP contribution in [-0.4, -0.2) is 0 Å². The number of nitrogen functional groups attached to an aromatic ring is 1. The van der Waals surface area contributed by atoms with Crippen molar-refractivity contribution in [2.24, 2.45) is 0 Å². The van der Waals surface area contributed by atoms with Crippen molar-refractivity contribution < 1.29 is 4.39 Å². The number of halogens is 1. The Bertz CT molecular complexity index is 423. The lowest BCUT2D eigenvalue weighted by atomic mass is 10.1. The van der Waals surface area contributed by atoms with E-state index in [-0.39, 0.29) is 5.82 Å². The number of benzene rings is 2. The molecule has 0 saturated carbocycles. The van der Waals surface area contributed by atoms with Crippen LogP contribution >= 0.6 is 0 Å². The first kappa shape index (κ1) is 7.10. The van der Waals surface area contributed by atoms with E-state index in [2.05, 4.69) is 0 Å². The van der Waals surface area contributed by atoms with Crippen LogP contribution < -0.4 is 5.73 Å². The minimum atomic E-state index is -0.229. The SMILES string of the molecule is Nc1cccc2cc(F)ccc12. The van der Waals surface area contributed by atoms with Gasteiger partial charge in [-0.05, 0) is 29.7 Å². The largest absolute Gasteiger partial charge is 0.398 e. The van der Waals surface area contributed by atoms with Crippen LogP contribution in [0.2, 0.25) is 0 Å². The predicted molar refractivity (Wildman–Crippen MR) is 48.3 cm³/mol. The lowest BCUT2D eigenvalue weighted by molar-refractivity contribution is 0.630. The second-order valence-corrected chi connectivity index (χ2v) is 2.71. The third-order valence-electron chi connectivity index (χ3n) is 1.88. The number of hydrogen-bond donors (Lipinski definition) is 1. The van der Waals surface area contributed by atoms with Crippen LogP contribution in [0.5, 0.6) is 0 Å². The lowest BCUT2D eigenvalue weighted by Gasteiger charge is -2.00. The van der Waals surface area contributed by atoms with Crippen LogP contribution in [-0.2, 0) is 0 Å². The summed E-state index contributed by atoms with van der Waals surface area (Å²) in [4.78, 5) is 0. The molecule has 0 aromatic heterocycles. The van der Waals surface area contributed by atoms with Crippen molar-refractivity contribution in [2.75, 3.05) is 5.73 Å². The highest BCUT2D eigenvalue weighted by Gasteiger charge is 1.97. The molecule has 0 amide bonds. The zero-order valence-corrected chi connectivity index (χ0v) is 6.42. The van der Waals surface area contributed by atoms with Crippen LogP contribution in [0.1, 0.15) is 0 Å². The number of nitrogens with two attached hydrogens (primary N) is 1. The van der Waals surface area contributed by atoms with E-state index in [0.29, 0.717) is 5.69 Å². The fourth-order valence-corrected chi connectivity index (χ4v) is 1.28. The predicted octanol–water partition coefficient (Wildman–Crippen LogP) is 2.56. The van der Waals surface area contributed by atoms with Crippen LogP contribution in [0.3, 0.4) is 0 Å². The summed E-state index contributed by atoms with van der Waals surface area (Å²) in [6, 6.07) is 10.1. The first-order valence-electron chi connectivity index (χ1n) is 3.71. The smallest absolute Gasteiger partial charge is 0.123 e. The molecule has 2 N–H and O–H groups in total. The zero-order chi connectivity index (χ0) is 8.55. The molecule has 60 valence electrons. The Morgan fingerprint density at radius 1 is 1.08 bits per heavy atom. The maximum absolute atomic E-state index is 12.7. The van der Waals surface area contributed by atoms with Crippen molar-refractivity contribution in [3.63, 3.8) is 0 Å². The summed E-state index contributed by atoms with van der Waals surface area (Å²) >= 11 is 0. The summed E-state index contributed by atoms with van der Waals surface area (Å²) in [5.74, 6) is -0.229. The van der Waals surface area contributed by atoms with E-state index in [1.807, 2.05) is 12.1 Å². The molecule has 2 rings (SSSR count). The highest BCUT2D eigenvalue weighted by molar-refractivity contribution is 5.92. The zero-order valence-electron chi connectivity index (χ0n) is 6.42. The quantitative estimate of drug-likeness (QED) is 0.590. The summed E-state index contributed by atoms with van der Waals surface area (Å²) in [5.41, 5.74) is 6.37. The van der Waals surface area contributed by atoms with Gasteiger partial charge in [0.1, 0.15) is 5.82 Å². The highest BCUT2D eigenvalue weighted by atomic mass is 19.1. The Kier molecular flexibility index (Phi) is 1.47. The minimum absolute atomic E-state index is 0.229. The van der Waals surface area contributed by atoms with Crippen LogP contribution in [0.4, 0.5) is 10.1 Å². The summed E-state index contributed by atoms with van der Waals surface area (Å²) < 4.78 is 12.7. The van der Waals surface area contributed by atoms with Gasteiger partial charge in [0.25, 0.3) is 0 Å². The van der Waals surface area contributed by atoms with Gasteiger partial charge in [-0.15, -0.1) is 0 Å². The number of hydrogen-bond acceptors (Lipinski definition) is 1. The molecular weight excluding hydrogens is 153 g/mol. The van der Waals surface area contributed by atoms with E-state index in [0.717, 1.165) is 10.8 Å². The standard InChI is InChI=1S/C10H8FN/c11-8-4-5-9-7(6-8)2-1-3-10(9)12/h1-6H,12H2. The van der Waals surface area contributed by atoms with Gasteiger partial charge in [-0.2, -0.15) is 0 Å². The normalized spacial score (nSPS) is 10.4. The first-order chi connectivity index (χ1) is 5.77. The van der Waals surface area contributed by atoms with Gasteiger partial charge in [0.15, 0.2) is 0 Å². The maximum Gasteiger partial charge on any atom is 0.123 e. The van der Waals surface area contributed by atoms with Crippen LogP contribution in [0.25, 0.3) is 10.8 Å². The van der Waals surface area contributed by atoms with Gasteiger partial charge in [0, 0.05) is 11.1 Å². The molecule has 0 bridgehead atoms. The third-order valence-corrected chi connectivity index (χ3v) is 1.88. The molecular formula is C10H8FN. The monoisotopic (exact) mass is 161 g/mol. The molecule has 0 aliphatic rings. The van der Waals surface area contributed by atoms with E-state index >= 15 is 0 Å². The van der Waals surface area contributed by atoms with Crippen molar-refractivity contribution in [2.45, 2.75) is 0 Å². The van der Waals surface area contributed by atoms with E-state index in [1.165, 1.54) is 12.1 Å². The Morgan fingerprint density at radius 2 is 1.92 bits per heavy atom. The van der Waals surface area contributed by atoms with Gasteiger partial charge in [0.05, 0.1) is 0 Å². The Morgan fingerprint density at radius 3 is 2.75 bits per heavy atom. The van der Waals surface area contributed by atoms with E-state index < -0.39 is 0 Å². The third kappa shape index (κ3) is 1.01. The average Bonchev–Trinajstić information content (AvgIpc) is 2.04. The van der Waals surface area contributed by atoms with Crippen molar-refractivity contribution in [3.05, 3.63) is 42.2 Å². The molecule has 0 unspecified atom stereocenters. The molecule has 0 atom stereocenters. The van der Waals surface area contributed by atoms with Crippen molar-refractivity contribution in [1.29, 1.82) is 0 Å². The minimum Gasteiger partial charge on any atom is -0.398 e. The number of fused-ring (bicyclic) bond motifs is 1.